The van der Waals surface area contributed by atoms with Gasteiger partial charge in [0.1, 0.15) is 0 Å². The van der Waals surface area contributed by atoms with Crippen LogP contribution in [0.1, 0.15) is 0 Å². The number of thioether (sulfide) groups is 1. The molecular weight excluding hydrogens is 327 g/mol. The number of halogens is 2. The molecule has 0 aliphatic carbocycles. The van der Waals surface area contributed by atoms with Crippen molar-refractivity contribution in [1.29, 1.82) is 0 Å². The minimum Gasteiger partial charge on any atom is -0.335 e. The van der Waals surface area contributed by atoms with E-state index in [4.69, 9.17) is 23.2 Å². The third kappa shape index (κ3) is 2.86. The number of hydrogen-bond acceptors (Lipinski definition) is 5. The molecule has 2 aliphatic rings. The van der Waals surface area contributed by atoms with Crippen molar-refractivity contribution in [1.82, 2.24) is 0 Å². The molecule has 2 heterocycles. The van der Waals surface area contributed by atoms with E-state index in [1.54, 1.807) is 12.1 Å². The fraction of sp³-hybridized carbons (Fsp3) is 0.364. The van der Waals surface area contributed by atoms with Crippen LogP contribution in [0.2, 0.25) is 10.0 Å². The standard InChI is InChI=1S/C11H10Cl2N2O2S2/c12-7-2-1-6(3-8(7)13)14-11-15-9-4-19(16,17)5-10(9)18-11/h1-3,9-10H,4-5H2,(H,14,15)/t9-,10+/m0/s1. The van der Waals surface area contributed by atoms with Crippen molar-refractivity contribution in [2.75, 3.05) is 16.8 Å². The molecule has 3 rings (SSSR count). The van der Waals surface area contributed by atoms with Gasteiger partial charge in [-0.3, -0.25) is 4.99 Å². The minimum atomic E-state index is -2.91. The predicted octanol–water partition coefficient (Wildman–Crippen LogP) is 2.67. The minimum absolute atomic E-state index is 0.0373. The number of rotatable bonds is 1. The number of sulfone groups is 1. The molecule has 0 aromatic heterocycles. The van der Waals surface area contributed by atoms with Gasteiger partial charge in [-0.1, -0.05) is 35.0 Å². The number of benzene rings is 1. The number of nitrogens with zero attached hydrogens (tertiary/aromatic N) is 1. The molecule has 0 spiro atoms. The molecule has 8 heteroatoms. The SMILES string of the molecule is O=S1(=O)C[C@@H]2N=C(Nc3ccc(Cl)c(Cl)c3)S[C@@H]2C1. The fourth-order valence-electron chi connectivity index (χ4n) is 2.11. The fourth-order valence-corrected chi connectivity index (χ4v) is 6.09. The molecule has 0 bridgehead atoms. The maximum Gasteiger partial charge on any atom is 0.161 e. The van der Waals surface area contributed by atoms with E-state index in [-0.39, 0.29) is 22.8 Å². The first-order valence-electron chi connectivity index (χ1n) is 5.60. The van der Waals surface area contributed by atoms with Gasteiger partial charge in [-0.15, -0.1) is 0 Å². The van der Waals surface area contributed by atoms with Gasteiger partial charge in [-0.2, -0.15) is 0 Å². The summed E-state index contributed by atoms with van der Waals surface area (Å²) in [5, 5.41) is 4.88. The molecule has 19 heavy (non-hydrogen) atoms. The third-order valence-corrected chi connectivity index (χ3v) is 6.87. The molecule has 102 valence electrons. The molecule has 0 amide bonds. The Balaban J connectivity index is 1.74. The van der Waals surface area contributed by atoms with Crippen molar-refractivity contribution in [2.24, 2.45) is 4.99 Å². The number of nitrogens with one attached hydrogen (secondary N) is 1. The average Bonchev–Trinajstić information content (AvgIpc) is 2.76. The second-order valence-electron chi connectivity index (χ2n) is 4.49. The van der Waals surface area contributed by atoms with Crippen LogP contribution >= 0.6 is 35.0 Å². The lowest BCUT2D eigenvalue weighted by molar-refractivity contribution is 0.601. The van der Waals surface area contributed by atoms with Gasteiger partial charge in [0.05, 0.1) is 27.6 Å². The summed E-state index contributed by atoms with van der Waals surface area (Å²) in [6.07, 6.45) is 0. The Morgan fingerprint density at radius 3 is 2.74 bits per heavy atom. The van der Waals surface area contributed by atoms with Crippen LogP contribution in [0.5, 0.6) is 0 Å². The zero-order valence-electron chi connectivity index (χ0n) is 9.64. The molecule has 1 aromatic rings. The Hall–Kier alpha value is -0.430. The van der Waals surface area contributed by atoms with Crippen LogP contribution in [0.4, 0.5) is 5.69 Å². The summed E-state index contributed by atoms with van der Waals surface area (Å²) in [6.45, 7) is 0. The van der Waals surface area contributed by atoms with Gasteiger partial charge in [0.25, 0.3) is 0 Å². The summed E-state index contributed by atoms with van der Waals surface area (Å²) in [5.41, 5.74) is 0.795. The van der Waals surface area contributed by atoms with Crippen LogP contribution in [0.15, 0.2) is 23.2 Å². The number of fused-ring (bicyclic) bond motifs is 1. The van der Waals surface area contributed by atoms with E-state index < -0.39 is 9.84 Å². The number of amidine groups is 1. The Bertz CT molecular complexity index is 661. The quantitative estimate of drug-likeness (QED) is 0.856. The highest BCUT2D eigenvalue weighted by Crippen LogP contribution is 2.35. The van der Waals surface area contributed by atoms with Gasteiger partial charge in [0.2, 0.25) is 0 Å². The summed E-state index contributed by atoms with van der Waals surface area (Å²) in [6, 6.07) is 5.11. The maximum atomic E-state index is 11.5. The molecule has 2 aliphatic heterocycles. The van der Waals surface area contributed by atoms with Crippen LogP contribution < -0.4 is 5.32 Å². The van der Waals surface area contributed by atoms with Crippen LogP contribution in [0.3, 0.4) is 0 Å². The lowest BCUT2D eigenvalue weighted by Crippen LogP contribution is -2.13. The zero-order valence-corrected chi connectivity index (χ0v) is 12.8. The Kier molecular flexibility index (Phi) is 3.45. The van der Waals surface area contributed by atoms with E-state index in [1.807, 2.05) is 6.07 Å². The summed E-state index contributed by atoms with van der Waals surface area (Å²) in [5.74, 6) is 0.357. The van der Waals surface area contributed by atoms with Gasteiger partial charge < -0.3 is 5.32 Å². The molecule has 0 unspecified atom stereocenters. The predicted molar refractivity (Wildman–Crippen MR) is 81.3 cm³/mol. The first-order valence-corrected chi connectivity index (χ1v) is 9.06. The second-order valence-corrected chi connectivity index (χ2v) is 8.68. The summed E-state index contributed by atoms with van der Waals surface area (Å²) >= 11 is 13.3. The maximum absolute atomic E-state index is 11.5. The van der Waals surface area contributed by atoms with Crippen molar-refractivity contribution in [3.63, 3.8) is 0 Å². The highest BCUT2D eigenvalue weighted by Gasteiger charge is 2.42. The molecule has 0 radical (unpaired) electrons. The van der Waals surface area contributed by atoms with Crippen molar-refractivity contribution in [3.8, 4) is 0 Å². The second kappa shape index (κ2) is 4.84. The third-order valence-electron chi connectivity index (χ3n) is 2.99. The average molecular weight is 337 g/mol. The largest absolute Gasteiger partial charge is 0.335 e. The summed E-state index contributed by atoms with van der Waals surface area (Å²) < 4.78 is 22.9. The van der Waals surface area contributed by atoms with E-state index >= 15 is 0 Å². The molecular formula is C11H10Cl2N2O2S2. The van der Waals surface area contributed by atoms with Crippen LogP contribution in [0, 0.1) is 0 Å². The smallest absolute Gasteiger partial charge is 0.161 e. The van der Waals surface area contributed by atoms with Crippen LogP contribution in [-0.4, -0.2) is 36.4 Å². The van der Waals surface area contributed by atoms with E-state index in [1.165, 1.54) is 11.8 Å². The first-order chi connectivity index (χ1) is 8.93. The van der Waals surface area contributed by atoms with Crippen molar-refractivity contribution >= 4 is 55.7 Å². The Morgan fingerprint density at radius 2 is 2.05 bits per heavy atom. The number of hydrogen-bond donors (Lipinski definition) is 1. The monoisotopic (exact) mass is 336 g/mol. The molecule has 0 saturated carbocycles. The van der Waals surface area contributed by atoms with Crippen molar-refractivity contribution < 1.29 is 8.42 Å². The molecule has 1 N–H and O–H groups in total. The van der Waals surface area contributed by atoms with E-state index in [0.717, 1.165) is 10.9 Å². The highest BCUT2D eigenvalue weighted by atomic mass is 35.5. The van der Waals surface area contributed by atoms with Gasteiger partial charge in [0, 0.05) is 10.9 Å². The topological polar surface area (TPSA) is 58.5 Å². The number of anilines is 1. The zero-order chi connectivity index (χ0) is 13.6. The summed E-state index contributed by atoms with van der Waals surface area (Å²) in [7, 11) is -2.91. The lowest BCUT2D eigenvalue weighted by atomic mass is 10.3. The van der Waals surface area contributed by atoms with Crippen molar-refractivity contribution in [2.45, 2.75) is 11.3 Å². The van der Waals surface area contributed by atoms with Gasteiger partial charge in [-0.05, 0) is 18.2 Å². The summed E-state index contributed by atoms with van der Waals surface area (Å²) in [4.78, 5) is 4.41. The van der Waals surface area contributed by atoms with E-state index in [9.17, 15) is 8.42 Å². The Morgan fingerprint density at radius 1 is 1.26 bits per heavy atom. The van der Waals surface area contributed by atoms with E-state index in [2.05, 4.69) is 10.3 Å². The first kappa shape index (κ1) is 13.5. The Labute approximate surface area is 125 Å². The van der Waals surface area contributed by atoms with Crippen molar-refractivity contribution in [3.05, 3.63) is 28.2 Å². The number of aliphatic imine (C=N–C) groups is 1. The van der Waals surface area contributed by atoms with Gasteiger partial charge in [0.15, 0.2) is 15.0 Å². The molecule has 2 atom stereocenters. The molecule has 1 saturated heterocycles. The molecule has 1 aromatic carbocycles. The van der Waals surface area contributed by atoms with Gasteiger partial charge >= 0.3 is 0 Å². The molecule has 4 nitrogen and oxygen atoms in total. The van der Waals surface area contributed by atoms with E-state index in [0.29, 0.717) is 10.0 Å². The van der Waals surface area contributed by atoms with Gasteiger partial charge in [-0.25, -0.2) is 8.42 Å². The van der Waals surface area contributed by atoms with Crippen LogP contribution in [-0.2, 0) is 9.84 Å². The highest BCUT2D eigenvalue weighted by molar-refractivity contribution is 8.15. The normalized spacial score (nSPS) is 28.0. The lowest BCUT2D eigenvalue weighted by Gasteiger charge is -2.07. The van der Waals surface area contributed by atoms with Crippen LogP contribution in [0.25, 0.3) is 0 Å². The molecule has 1 fully saturated rings.